The molecule has 1 N–H and O–H groups in total. The summed E-state index contributed by atoms with van der Waals surface area (Å²) in [7, 11) is 4.81. The molecule has 0 aliphatic carbocycles. The highest BCUT2D eigenvalue weighted by Crippen LogP contribution is 2.33. The average molecular weight is 355 g/mol. The summed E-state index contributed by atoms with van der Waals surface area (Å²) in [5, 5.41) is 7.27. The molecule has 7 heteroatoms. The third kappa shape index (κ3) is 3.42. The Balaban J connectivity index is 1.94. The zero-order valence-electron chi connectivity index (χ0n) is 15.2. The summed E-state index contributed by atoms with van der Waals surface area (Å²) in [6.07, 6.45) is 0. The van der Waals surface area contributed by atoms with Gasteiger partial charge in [0.25, 0.3) is 0 Å². The summed E-state index contributed by atoms with van der Waals surface area (Å²) in [5.41, 5.74) is 1.68. The van der Waals surface area contributed by atoms with Crippen LogP contribution in [-0.2, 0) is 0 Å². The van der Waals surface area contributed by atoms with Crippen LogP contribution in [0.1, 0.15) is 6.92 Å². The van der Waals surface area contributed by atoms with Crippen molar-refractivity contribution in [3.05, 3.63) is 36.4 Å². The van der Waals surface area contributed by atoms with Crippen molar-refractivity contribution in [1.29, 1.82) is 0 Å². The van der Waals surface area contributed by atoms with Crippen molar-refractivity contribution < 1.29 is 18.9 Å². The maximum atomic E-state index is 5.62. The first-order valence-corrected chi connectivity index (χ1v) is 8.16. The predicted molar refractivity (Wildman–Crippen MR) is 98.1 cm³/mol. The lowest BCUT2D eigenvalue weighted by atomic mass is 10.1. The van der Waals surface area contributed by atoms with Gasteiger partial charge >= 0.3 is 0 Å². The van der Waals surface area contributed by atoms with Gasteiger partial charge in [-0.1, -0.05) is 0 Å². The molecule has 0 radical (unpaired) electrons. The van der Waals surface area contributed by atoms with Gasteiger partial charge in [-0.3, -0.25) is 5.10 Å². The molecule has 136 valence electrons. The van der Waals surface area contributed by atoms with E-state index in [4.69, 9.17) is 18.9 Å². The van der Waals surface area contributed by atoms with Crippen LogP contribution >= 0.6 is 0 Å². The lowest BCUT2D eigenvalue weighted by Crippen LogP contribution is -1.96. The Bertz CT molecular complexity index is 892. The van der Waals surface area contributed by atoms with Gasteiger partial charge in [-0.2, -0.15) is 5.10 Å². The molecule has 26 heavy (non-hydrogen) atoms. The molecule has 0 saturated carbocycles. The number of hydrogen-bond donors (Lipinski definition) is 1. The van der Waals surface area contributed by atoms with Gasteiger partial charge in [0.1, 0.15) is 0 Å². The smallest absolute Gasteiger partial charge is 0.181 e. The van der Waals surface area contributed by atoms with Gasteiger partial charge in [0.2, 0.25) is 0 Å². The fourth-order valence-corrected chi connectivity index (χ4v) is 2.59. The first kappa shape index (κ1) is 17.6. The maximum absolute atomic E-state index is 5.62. The molecule has 0 spiro atoms. The number of benzene rings is 2. The van der Waals surface area contributed by atoms with E-state index in [2.05, 4.69) is 15.2 Å². The van der Waals surface area contributed by atoms with E-state index >= 15 is 0 Å². The van der Waals surface area contributed by atoms with Crippen LogP contribution in [0.3, 0.4) is 0 Å². The second-order valence-corrected chi connectivity index (χ2v) is 5.38. The van der Waals surface area contributed by atoms with Crippen LogP contribution in [0.2, 0.25) is 0 Å². The molecule has 0 bridgehead atoms. The fourth-order valence-electron chi connectivity index (χ4n) is 2.59. The molecule has 2 aromatic carbocycles. The number of methoxy groups -OCH3 is 3. The van der Waals surface area contributed by atoms with E-state index < -0.39 is 0 Å². The molecule has 1 aromatic heterocycles. The summed E-state index contributed by atoms with van der Waals surface area (Å²) < 4.78 is 21.5. The first-order valence-electron chi connectivity index (χ1n) is 8.16. The minimum absolute atomic E-state index is 0.546. The van der Waals surface area contributed by atoms with Gasteiger partial charge < -0.3 is 18.9 Å². The predicted octanol–water partition coefficient (Wildman–Crippen LogP) is 3.56. The van der Waals surface area contributed by atoms with E-state index in [-0.39, 0.29) is 0 Å². The molecule has 0 saturated heterocycles. The number of aromatic amines is 1. The number of aromatic nitrogens is 3. The Kier molecular flexibility index (Phi) is 5.26. The van der Waals surface area contributed by atoms with Gasteiger partial charge in [0, 0.05) is 11.1 Å². The number of hydrogen-bond acceptors (Lipinski definition) is 6. The van der Waals surface area contributed by atoms with Crippen molar-refractivity contribution in [1.82, 2.24) is 15.2 Å². The van der Waals surface area contributed by atoms with Gasteiger partial charge in [0.05, 0.1) is 27.9 Å². The second-order valence-electron chi connectivity index (χ2n) is 5.38. The molecule has 0 fully saturated rings. The van der Waals surface area contributed by atoms with Crippen LogP contribution in [0.5, 0.6) is 23.0 Å². The molecule has 1 heterocycles. The summed E-state index contributed by atoms with van der Waals surface area (Å²) in [4.78, 5) is 4.58. The van der Waals surface area contributed by atoms with Crippen molar-refractivity contribution in [2.24, 2.45) is 0 Å². The standard InChI is InChI=1S/C19H21N3O4/c1-5-26-17-11-13(7-9-15(17)24-3)19-20-18(21-22-19)12-6-8-14(23-2)16(10-12)25-4/h6-11H,5H2,1-4H3,(H,20,21,22). The summed E-state index contributed by atoms with van der Waals surface area (Å²) in [6, 6.07) is 11.2. The van der Waals surface area contributed by atoms with Crippen LogP contribution < -0.4 is 18.9 Å². The SMILES string of the molecule is CCOc1cc(-c2n[nH]c(-c3ccc(OC)c(OC)c3)n2)ccc1OC. The summed E-state index contributed by atoms with van der Waals surface area (Å²) in [5.74, 6) is 3.82. The van der Waals surface area contributed by atoms with Crippen LogP contribution in [0.15, 0.2) is 36.4 Å². The van der Waals surface area contributed by atoms with E-state index in [1.165, 1.54) is 0 Å². The molecule has 0 aliphatic rings. The summed E-state index contributed by atoms with van der Waals surface area (Å²) in [6.45, 7) is 2.47. The second kappa shape index (κ2) is 7.77. The monoisotopic (exact) mass is 355 g/mol. The largest absolute Gasteiger partial charge is 0.493 e. The number of rotatable bonds is 7. The lowest BCUT2D eigenvalue weighted by molar-refractivity contribution is 0.311. The number of nitrogens with one attached hydrogen (secondary N) is 1. The third-order valence-corrected chi connectivity index (χ3v) is 3.86. The highest BCUT2D eigenvalue weighted by atomic mass is 16.5. The van der Waals surface area contributed by atoms with E-state index in [9.17, 15) is 0 Å². The Labute approximate surface area is 151 Å². The number of nitrogens with zero attached hydrogens (tertiary/aromatic N) is 2. The maximum Gasteiger partial charge on any atom is 0.181 e. The van der Waals surface area contributed by atoms with Gasteiger partial charge in [0.15, 0.2) is 34.6 Å². The van der Waals surface area contributed by atoms with Crippen molar-refractivity contribution in [3.63, 3.8) is 0 Å². The zero-order valence-corrected chi connectivity index (χ0v) is 15.2. The minimum atomic E-state index is 0.546. The van der Waals surface area contributed by atoms with Crippen molar-refractivity contribution in [3.8, 4) is 45.8 Å². The van der Waals surface area contributed by atoms with E-state index in [0.29, 0.717) is 41.3 Å². The topological polar surface area (TPSA) is 78.5 Å². The Morgan fingerprint density at radius 3 is 2.08 bits per heavy atom. The lowest BCUT2D eigenvalue weighted by Gasteiger charge is -2.09. The molecular weight excluding hydrogens is 334 g/mol. The number of ether oxygens (including phenoxy) is 4. The summed E-state index contributed by atoms with van der Waals surface area (Å²) >= 11 is 0. The molecule has 0 atom stereocenters. The van der Waals surface area contributed by atoms with Crippen molar-refractivity contribution in [2.45, 2.75) is 6.92 Å². The number of H-pyrrole nitrogens is 1. The van der Waals surface area contributed by atoms with Gasteiger partial charge in [-0.25, -0.2) is 4.98 Å². The highest BCUT2D eigenvalue weighted by Gasteiger charge is 2.13. The third-order valence-electron chi connectivity index (χ3n) is 3.86. The Morgan fingerprint density at radius 2 is 1.42 bits per heavy atom. The molecule has 3 rings (SSSR count). The van der Waals surface area contributed by atoms with Crippen LogP contribution in [0.4, 0.5) is 0 Å². The Morgan fingerprint density at radius 1 is 0.808 bits per heavy atom. The molecule has 7 nitrogen and oxygen atoms in total. The van der Waals surface area contributed by atoms with E-state index in [1.807, 2.05) is 43.3 Å². The van der Waals surface area contributed by atoms with Crippen molar-refractivity contribution >= 4 is 0 Å². The van der Waals surface area contributed by atoms with Crippen LogP contribution in [0.25, 0.3) is 22.8 Å². The van der Waals surface area contributed by atoms with E-state index in [1.54, 1.807) is 21.3 Å². The molecular formula is C19H21N3O4. The molecule has 3 aromatic rings. The fraction of sp³-hybridized carbons (Fsp3) is 0.263. The van der Waals surface area contributed by atoms with Crippen molar-refractivity contribution in [2.75, 3.05) is 27.9 Å². The average Bonchev–Trinajstić information content (AvgIpc) is 3.18. The van der Waals surface area contributed by atoms with Gasteiger partial charge in [-0.15, -0.1) is 0 Å². The zero-order chi connectivity index (χ0) is 18.5. The molecule has 0 unspecified atom stereocenters. The normalized spacial score (nSPS) is 10.5. The molecule has 0 amide bonds. The quantitative estimate of drug-likeness (QED) is 0.698. The first-order chi connectivity index (χ1) is 12.7. The van der Waals surface area contributed by atoms with Crippen LogP contribution in [0, 0.1) is 0 Å². The minimum Gasteiger partial charge on any atom is -0.493 e. The van der Waals surface area contributed by atoms with Gasteiger partial charge in [-0.05, 0) is 43.3 Å². The van der Waals surface area contributed by atoms with E-state index in [0.717, 1.165) is 11.1 Å². The molecule has 0 aliphatic heterocycles. The Hall–Kier alpha value is -3.22. The highest BCUT2D eigenvalue weighted by molar-refractivity contribution is 5.66. The van der Waals surface area contributed by atoms with Crippen LogP contribution in [-0.4, -0.2) is 43.1 Å².